The highest BCUT2D eigenvalue weighted by molar-refractivity contribution is 5.25. The molecule has 1 N–H and O–H groups in total. The van der Waals surface area contributed by atoms with Crippen molar-refractivity contribution in [2.24, 2.45) is 0 Å². The van der Waals surface area contributed by atoms with Crippen LogP contribution in [0.3, 0.4) is 0 Å². The van der Waals surface area contributed by atoms with Gasteiger partial charge in [-0.3, -0.25) is 4.98 Å². The van der Waals surface area contributed by atoms with Gasteiger partial charge in [0.15, 0.2) is 0 Å². The van der Waals surface area contributed by atoms with Gasteiger partial charge >= 0.3 is 0 Å². The van der Waals surface area contributed by atoms with E-state index in [-0.39, 0.29) is 12.0 Å². The SMILES string of the molecule is Cc1ccc(C)c([C@@H]2CCCC[C@@H]2O)n1. The Morgan fingerprint density at radius 2 is 1.93 bits per heavy atom. The second-order valence-electron chi connectivity index (χ2n) is 4.61. The van der Waals surface area contributed by atoms with Gasteiger partial charge in [-0.15, -0.1) is 0 Å². The highest BCUT2D eigenvalue weighted by atomic mass is 16.3. The fourth-order valence-electron chi connectivity index (χ4n) is 2.45. The molecule has 0 amide bonds. The summed E-state index contributed by atoms with van der Waals surface area (Å²) in [6.45, 7) is 4.10. The first-order valence-corrected chi connectivity index (χ1v) is 5.80. The van der Waals surface area contributed by atoms with Crippen molar-refractivity contribution >= 4 is 0 Å². The number of nitrogens with zero attached hydrogens (tertiary/aromatic N) is 1. The highest BCUT2D eigenvalue weighted by Gasteiger charge is 2.26. The van der Waals surface area contributed by atoms with Gasteiger partial charge < -0.3 is 5.11 Å². The number of aromatic nitrogens is 1. The van der Waals surface area contributed by atoms with E-state index in [1.807, 2.05) is 13.0 Å². The molecule has 1 aliphatic carbocycles. The van der Waals surface area contributed by atoms with Crippen LogP contribution in [0, 0.1) is 13.8 Å². The highest BCUT2D eigenvalue weighted by Crippen LogP contribution is 2.33. The predicted octanol–water partition coefficient (Wildman–Crippen LogP) is 2.72. The molecule has 1 fully saturated rings. The Hall–Kier alpha value is -0.890. The van der Waals surface area contributed by atoms with Gasteiger partial charge in [-0.2, -0.15) is 0 Å². The molecule has 0 radical (unpaired) electrons. The summed E-state index contributed by atoms with van der Waals surface area (Å²) in [6, 6.07) is 4.15. The normalized spacial score (nSPS) is 26.6. The molecular formula is C13H19NO. The summed E-state index contributed by atoms with van der Waals surface area (Å²) in [4.78, 5) is 4.59. The van der Waals surface area contributed by atoms with E-state index in [2.05, 4.69) is 18.0 Å². The van der Waals surface area contributed by atoms with Crippen LogP contribution in [0.2, 0.25) is 0 Å². The minimum atomic E-state index is -0.188. The molecule has 1 aromatic heterocycles. The zero-order valence-electron chi connectivity index (χ0n) is 9.53. The lowest BCUT2D eigenvalue weighted by Gasteiger charge is -2.28. The summed E-state index contributed by atoms with van der Waals surface area (Å²) in [5.74, 6) is 0.263. The second-order valence-corrected chi connectivity index (χ2v) is 4.61. The maximum atomic E-state index is 10.00. The van der Waals surface area contributed by atoms with E-state index < -0.39 is 0 Å². The first kappa shape index (κ1) is 10.6. The van der Waals surface area contributed by atoms with Crippen molar-refractivity contribution < 1.29 is 5.11 Å². The number of pyridine rings is 1. The van der Waals surface area contributed by atoms with Gasteiger partial charge in [0.2, 0.25) is 0 Å². The van der Waals surface area contributed by atoms with Gasteiger partial charge in [0.05, 0.1) is 6.10 Å². The van der Waals surface area contributed by atoms with Crippen LogP contribution in [0.4, 0.5) is 0 Å². The van der Waals surface area contributed by atoms with Crippen molar-refractivity contribution in [3.05, 3.63) is 29.1 Å². The third-order valence-electron chi connectivity index (χ3n) is 3.36. The van der Waals surface area contributed by atoms with Crippen molar-refractivity contribution in [1.29, 1.82) is 0 Å². The quantitative estimate of drug-likeness (QED) is 0.764. The van der Waals surface area contributed by atoms with Crippen molar-refractivity contribution in [2.75, 3.05) is 0 Å². The molecule has 2 atom stereocenters. The molecule has 2 rings (SSSR count). The van der Waals surface area contributed by atoms with E-state index in [0.717, 1.165) is 30.7 Å². The summed E-state index contributed by atoms with van der Waals surface area (Å²) in [5, 5.41) is 10.00. The molecule has 0 unspecified atom stereocenters. The molecule has 0 aliphatic heterocycles. The molecule has 1 saturated carbocycles. The van der Waals surface area contributed by atoms with Crippen LogP contribution in [0.15, 0.2) is 12.1 Å². The third-order valence-corrected chi connectivity index (χ3v) is 3.36. The average molecular weight is 205 g/mol. The molecule has 2 nitrogen and oxygen atoms in total. The lowest BCUT2D eigenvalue weighted by molar-refractivity contribution is 0.104. The first-order valence-electron chi connectivity index (χ1n) is 5.80. The Bertz CT molecular complexity index is 348. The minimum absolute atomic E-state index is 0.188. The van der Waals surface area contributed by atoms with E-state index in [9.17, 15) is 5.11 Å². The fraction of sp³-hybridized carbons (Fsp3) is 0.615. The van der Waals surface area contributed by atoms with Gasteiger partial charge in [-0.1, -0.05) is 18.9 Å². The van der Waals surface area contributed by atoms with E-state index in [4.69, 9.17) is 0 Å². The summed E-state index contributed by atoms with van der Waals surface area (Å²) < 4.78 is 0. The molecule has 15 heavy (non-hydrogen) atoms. The monoisotopic (exact) mass is 205 g/mol. The Labute approximate surface area is 91.4 Å². The second kappa shape index (κ2) is 4.31. The zero-order chi connectivity index (χ0) is 10.8. The number of aliphatic hydroxyl groups is 1. The number of aliphatic hydroxyl groups excluding tert-OH is 1. The molecular weight excluding hydrogens is 186 g/mol. The fourth-order valence-corrected chi connectivity index (χ4v) is 2.45. The third kappa shape index (κ3) is 2.20. The van der Waals surface area contributed by atoms with Gasteiger partial charge in [-0.25, -0.2) is 0 Å². The number of aryl methyl sites for hydroxylation is 2. The van der Waals surface area contributed by atoms with Gasteiger partial charge in [0.1, 0.15) is 0 Å². The van der Waals surface area contributed by atoms with Crippen molar-refractivity contribution in [1.82, 2.24) is 4.98 Å². The lowest BCUT2D eigenvalue weighted by atomic mass is 9.83. The Kier molecular flexibility index (Phi) is 3.06. The van der Waals surface area contributed by atoms with Crippen LogP contribution >= 0.6 is 0 Å². The summed E-state index contributed by atoms with van der Waals surface area (Å²) >= 11 is 0. The summed E-state index contributed by atoms with van der Waals surface area (Å²) in [6.07, 6.45) is 4.20. The maximum Gasteiger partial charge on any atom is 0.0623 e. The molecule has 82 valence electrons. The van der Waals surface area contributed by atoms with Crippen LogP contribution in [-0.2, 0) is 0 Å². The molecule has 1 aliphatic rings. The Morgan fingerprint density at radius 3 is 2.67 bits per heavy atom. The van der Waals surface area contributed by atoms with E-state index >= 15 is 0 Å². The van der Waals surface area contributed by atoms with E-state index in [1.165, 1.54) is 12.0 Å². The van der Waals surface area contributed by atoms with Crippen molar-refractivity contribution in [2.45, 2.75) is 51.6 Å². The van der Waals surface area contributed by atoms with Crippen LogP contribution in [0.1, 0.15) is 48.6 Å². The number of hydrogen-bond donors (Lipinski definition) is 1. The van der Waals surface area contributed by atoms with Gasteiger partial charge in [-0.05, 0) is 38.3 Å². The lowest BCUT2D eigenvalue weighted by Crippen LogP contribution is -2.24. The number of hydrogen-bond acceptors (Lipinski definition) is 2. The summed E-state index contributed by atoms with van der Waals surface area (Å²) in [7, 11) is 0. The van der Waals surface area contributed by atoms with E-state index in [0.29, 0.717) is 0 Å². The van der Waals surface area contributed by atoms with Crippen LogP contribution < -0.4 is 0 Å². The smallest absolute Gasteiger partial charge is 0.0623 e. The zero-order valence-corrected chi connectivity index (χ0v) is 9.53. The molecule has 0 bridgehead atoms. The van der Waals surface area contributed by atoms with Crippen molar-refractivity contribution in [3.8, 4) is 0 Å². The molecule has 0 spiro atoms. The van der Waals surface area contributed by atoms with Crippen LogP contribution in [-0.4, -0.2) is 16.2 Å². The van der Waals surface area contributed by atoms with Crippen LogP contribution in [0.25, 0.3) is 0 Å². The Morgan fingerprint density at radius 1 is 1.20 bits per heavy atom. The molecule has 1 aromatic rings. The molecule has 0 aromatic carbocycles. The largest absolute Gasteiger partial charge is 0.392 e. The number of rotatable bonds is 1. The minimum Gasteiger partial charge on any atom is -0.392 e. The standard InChI is InChI=1S/C13H19NO/c1-9-7-8-10(2)14-13(9)11-5-3-4-6-12(11)15/h7-8,11-12,15H,3-6H2,1-2H3/t11-,12+/m1/s1. The maximum absolute atomic E-state index is 10.00. The molecule has 2 heteroatoms. The topological polar surface area (TPSA) is 33.1 Å². The first-order chi connectivity index (χ1) is 7.18. The summed E-state index contributed by atoms with van der Waals surface area (Å²) in [5.41, 5.74) is 3.38. The van der Waals surface area contributed by atoms with Crippen molar-refractivity contribution in [3.63, 3.8) is 0 Å². The predicted molar refractivity (Wildman–Crippen MR) is 60.9 cm³/mol. The van der Waals surface area contributed by atoms with Gasteiger partial charge in [0, 0.05) is 17.3 Å². The molecule has 0 saturated heterocycles. The van der Waals surface area contributed by atoms with E-state index in [1.54, 1.807) is 0 Å². The Balaban J connectivity index is 2.30. The molecule has 1 heterocycles. The van der Waals surface area contributed by atoms with Crippen LogP contribution in [0.5, 0.6) is 0 Å². The average Bonchev–Trinajstić information content (AvgIpc) is 2.23. The van der Waals surface area contributed by atoms with Gasteiger partial charge in [0.25, 0.3) is 0 Å².